The van der Waals surface area contributed by atoms with Gasteiger partial charge in [-0.1, -0.05) is 19.8 Å². The minimum absolute atomic E-state index is 0.180. The van der Waals surface area contributed by atoms with Crippen LogP contribution in [0.2, 0.25) is 0 Å². The van der Waals surface area contributed by atoms with Crippen LogP contribution in [0.25, 0.3) is 0 Å². The Morgan fingerprint density at radius 3 is 2.71 bits per heavy atom. The summed E-state index contributed by atoms with van der Waals surface area (Å²) in [4.78, 5) is 11.2. The van der Waals surface area contributed by atoms with Crippen LogP contribution in [0, 0.1) is 12.3 Å². The van der Waals surface area contributed by atoms with E-state index in [1.54, 1.807) is 0 Å². The van der Waals surface area contributed by atoms with Crippen LogP contribution in [0.1, 0.15) is 51.9 Å². The summed E-state index contributed by atoms with van der Waals surface area (Å²) in [5.74, 6) is 2.78. The fourth-order valence-electron chi connectivity index (χ4n) is 1.18. The van der Waals surface area contributed by atoms with Crippen molar-refractivity contribution in [1.82, 2.24) is 5.32 Å². The molecule has 0 aliphatic heterocycles. The molecule has 0 aromatic heterocycles. The molecule has 1 N–H and O–H groups in total. The summed E-state index contributed by atoms with van der Waals surface area (Å²) in [5, 5.41) is 2.90. The first-order chi connectivity index (χ1) is 6.81. The molecule has 0 aliphatic carbocycles. The van der Waals surface area contributed by atoms with Crippen molar-refractivity contribution in [2.75, 3.05) is 6.54 Å². The Balaban J connectivity index is 3.15. The van der Waals surface area contributed by atoms with E-state index >= 15 is 0 Å². The lowest BCUT2D eigenvalue weighted by Gasteiger charge is -2.03. The third kappa shape index (κ3) is 9.12. The van der Waals surface area contributed by atoms with Gasteiger partial charge in [0.15, 0.2) is 0 Å². The minimum atomic E-state index is 0.180. The van der Waals surface area contributed by atoms with E-state index in [0.29, 0.717) is 6.42 Å². The van der Waals surface area contributed by atoms with Gasteiger partial charge in [0.2, 0.25) is 5.91 Å². The maximum absolute atomic E-state index is 11.2. The first-order valence-corrected chi connectivity index (χ1v) is 5.51. The molecule has 2 nitrogen and oxygen atoms in total. The Kier molecular flexibility index (Phi) is 9.41. The topological polar surface area (TPSA) is 29.1 Å². The summed E-state index contributed by atoms with van der Waals surface area (Å²) in [6.45, 7) is 2.94. The molecule has 0 saturated heterocycles. The highest BCUT2D eigenvalue weighted by molar-refractivity contribution is 5.75. The number of amides is 1. The normalized spacial score (nSPS) is 9.43. The van der Waals surface area contributed by atoms with Crippen LogP contribution >= 0.6 is 0 Å². The Labute approximate surface area is 87.5 Å². The molecule has 0 fully saturated rings. The Morgan fingerprint density at radius 1 is 1.29 bits per heavy atom. The van der Waals surface area contributed by atoms with Crippen molar-refractivity contribution in [3.05, 3.63) is 0 Å². The summed E-state index contributed by atoms with van der Waals surface area (Å²) < 4.78 is 0. The predicted molar refractivity (Wildman–Crippen MR) is 59.8 cm³/mol. The lowest BCUT2D eigenvalue weighted by molar-refractivity contribution is -0.121. The van der Waals surface area contributed by atoms with E-state index in [1.165, 1.54) is 0 Å². The van der Waals surface area contributed by atoms with Crippen molar-refractivity contribution < 1.29 is 4.79 Å². The molecule has 0 aromatic rings. The van der Waals surface area contributed by atoms with Crippen molar-refractivity contribution in [3.63, 3.8) is 0 Å². The van der Waals surface area contributed by atoms with Gasteiger partial charge in [-0.15, -0.1) is 12.3 Å². The summed E-state index contributed by atoms with van der Waals surface area (Å²) in [5.41, 5.74) is 0. The number of hydrogen-bond donors (Lipinski definition) is 1. The molecule has 80 valence electrons. The van der Waals surface area contributed by atoms with E-state index < -0.39 is 0 Å². The third-order valence-corrected chi connectivity index (χ3v) is 2.08. The molecule has 0 bridgehead atoms. The lowest BCUT2D eigenvalue weighted by Crippen LogP contribution is -2.23. The molecule has 2 heteroatoms. The predicted octanol–water partition coefficient (Wildman–Crippen LogP) is 2.49. The van der Waals surface area contributed by atoms with Crippen LogP contribution in [0.5, 0.6) is 0 Å². The molecule has 0 aliphatic rings. The molecule has 14 heavy (non-hydrogen) atoms. The average molecular weight is 195 g/mol. The molecule has 0 rings (SSSR count). The maximum Gasteiger partial charge on any atom is 0.219 e. The van der Waals surface area contributed by atoms with Crippen LogP contribution in [0.4, 0.5) is 0 Å². The number of carbonyl (C=O) groups is 1. The van der Waals surface area contributed by atoms with Crippen LogP contribution in [-0.2, 0) is 4.79 Å². The van der Waals surface area contributed by atoms with Crippen molar-refractivity contribution in [2.45, 2.75) is 51.9 Å². The van der Waals surface area contributed by atoms with Gasteiger partial charge in [0.05, 0.1) is 0 Å². The molecule has 0 saturated carbocycles. The van der Waals surface area contributed by atoms with Crippen molar-refractivity contribution in [1.29, 1.82) is 0 Å². The first-order valence-electron chi connectivity index (χ1n) is 5.51. The molecule has 0 aromatic carbocycles. The zero-order chi connectivity index (χ0) is 10.6. The van der Waals surface area contributed by atoms with E-state index in [0.717, 1.165) is 45.1 Å². The van der Waals surface area contributed by atoms with E-state index in [4.69, 9.17) is 6.42 Å². The van der Waals surface area contributed by atoms with Crippen LogP contribution in [0.3, 0.4) is 0 Å². The highest BCUT2D eigenvalue weighted by Gasteiger charge is 1.98. The summed E-state index contributed by atoms with van der Waals surface area (Å²) in [7, 11) is 0. The van der Waals surface area contributed by atoms with E-state index in [2.05, 4.69) is 18.2 Å². The van der Waals surface area contributed by atoms with Gasteiger partial charge >= 0.3 is 0 Å². The standard InChI is InChI=1S/C12H21NO/c1-3-5-7-8-9-10-12(14)13-11-6-4-2/h1H,4-11H2,2H3,(H,13,14). The fourth-order valence-corrected chi connectivity index (χ4v) is 1.18. The number of unbranched alkanes of at least 4 members (excludes halogenated alkanes) is 4. The highest BCUT2D eigenvalue weighted by atomic mass is 16.1. The van der Waals surface area contributed by atoms with Gasteiger partial charge in [-0.2, -0.15) is 0 Å². The second-order valence-corrected chi connectivity index (χ2v) is 3.47. The molecule has 0 unspecified atom stereocenters. The van der Waals surface area contributed by atoms with Crippen molar-refractivity contribution in [2.24, 2.45) is 0 Å². The van der Waals surface area contributed by atoms with Gasteiger partial charge in [0, 0.05) is 19.4 Å². The summed E-state index contributed by atoms with van der Waals surface area (Å²) in [6.07, 6.45) is 11.9. The molecule has 0 heterocycles. The number of nitrogens with one attached hydrogen (secondary N) is 1. The van der Waals surface area contributed by atoms with E-state index in [1.807, 2.05) is 0 Å². The van der Waals surface area contributed by atoms with Gasteiger partial charge in [-0.25, -0.2) is 0 Å². The number of hydrogen-bond acceptors (Lipinski definition) is 1. The smallest absolute Gasteiger partial charge is 0.219 e. The first kappa shape index (κ1) is 13.0. The van der Waals surface area contributed by atoms with Gasteiger partial charge in [0.25, 0.3) is 0 Å². The summed E-state index contributed by atoms with van der Waals surface area (Å²) in [6, 6.07) is 0. The third-order valence-electron chi connectivity index (χ3n) is 2.08. The number of terminal acetylenes is 1. The van der Waals surface area contributed by atoms with Gasteiger partial charge in [-0.05, 0) is 19.3 Å². The monoisotopic (exact) mass is 195 g/mol. The van der Waals surface area contributed by atoms with Gasteiger partial charge in [0.1, 0.15) is 0 Å². The van der Waals surface area contributed by atoms with Crippen LogP contribution < -0.4 is 5.32 Å². The molecular formula is C12H21NO. The van der Waals surface area contributed by atoms with Crippen molar-refractivity contribution in [3.8, 4) is 12.3 Å². The zero-order valence-electron chi connectivity index (χ0n) is 9.14. The molecule has 1 amide bonds. The largest absolute Gasteiger partial charge is 0.356 e. The SMILES string of the molecule is C#CCCCCCC(=O)NCCCC. The maximum atomic E-state index is 11.2. The van der Waals surface area contributed by atoms with E-state index in [9.17, 15) is 4.79 Å². The Morgan fingerprint density at radius 2 is 2.07 bits per heavy atom. The number of rotatable bonds is 8. The Hall–Kier alpha value is -0.970. The second kappa shape index (κ2) is 10.1. The van der Waals surface area contributed by atoms with Crippen LogP contribution in [-0.4, -0.2) is 12.5 Å². The highest BCUT2D eigenvalue weighted by Crippen LogP contribution is 2.01. The van der Waals surface area contributed by atoms with E-state index in [-0.39, 0.29) is 5.91 Å². The second-order valence-electron chi connectivity index (χ2n) is 3.47. The fraction of sp³-hybridized carbons (Fsp3) is 0.750. The van der Waals surface area contributed by atoms with Crippen LogP contribution in [0.15, 0.2) is 0 Å². The number of carbonyl (C=O) groups excluding carboxylic acids is 1. The summed E-state index contributed by atoms with van der Waals surface area (Å²) >= 11 is 0. The Bertz CT molecular complexity index is 181. The average Bonchev–Trinajstić information content (AvgIpc) is 2.18. The quantitative estimate of drug-likeness (QED) is 0.468. The molecule has 0 spiro atoms. The van der Waals surface area contributed by atoms with Gasteiger partial charge in [-0.3, -0.25) is 4.79 Å². The minimum Gasteiger partial charge on any atom is -0.356 e. The zero-order valence-corrected chi connectivity index (χ0v) is 9.14. The van der Waals surface area contributed by atoms with Crippen molar-refractivity contribution >= 4 is 5.91 Å². The lowest BCUT2D eigenvalue weighted by atomic mass is 10.1. The van der Waals surface area contributed by atoms with Gasteiger partial charge < -0.3 is 5.32 Å². The molecular weight excluding hydrogens is 174 g/mol. The molecule has 0 atom stereocenters. The molecule has 0 radical (unpaired) electrons.